The van der Waals surface area contributed by atoms with E-state index in [9.17, 15) is 13.2 Å². The number of hydrogen-bond acceptors (Lipinski definition) is 4. The Bertz CT molecular complexity index is 552. The third-order valence-electron chi connectivity index (χ3n) is 2.44. The average Bonchev–Trinajstić information content (AvgIpc) is 2.45. The zero-order valence-corrected chi connectivity index (χ0v) is 12.1. The normalized spacial score (nSPS) is 11.1. The highest BCUT2D eigenvalue weighted by atomic mass is 32.2. The minimum atomic E-state index is -3.56. The second-order valence-electron chi connectivity index (χ2n) is 3.91. The largest absolute Gasteiger partial charge is 0.383 e. The number of ether oxygens (including phenoxy) is 1. The van der Waals surface area contributed by atoms with Gasteiger partial charge in [0.1, 0.15) is 0 Å². The van der Waals surface area contributed by atoms with Gasteiger partial charge in [-0.15, -0.1) is 6.58 Å². The van der Waals surface area contributed by atoms with Crippen LogP contribution < -0.4 is 10.0 Å². The van der Waals surface area contributed by atoms with Crippen LogP contribution in [-0.2, 0) is 14.8 Å². The summed E-state index contributed by atoms with van der Waals surface area (Å²) in [5.41, 5.74) is 0.392. The summed E-state index contributed by atoms with van der Waals surface area (Å²) in [7, 11) is -2.02. The van der Waals surface area contributed by atoms with Gasteiger partial charge in [0.2, 0.25) is 10.0 Å². The van der Waals surface area contributed by atoms with Crippen molar-refractivity contribution in [3.8, 4) is 0 Å². The Morgan fingerprint density at radius 2 is 2.00 bits per heavy atom. The van der Waals surface area contributed by atoms with Crippen LogP contribution in [-0.4, -0.2) is 41.1 Å². The number of methoxy groups -OCH3 is 1. The fourth-order valence-electron chi connectivity index (χ4n) is 1.41. The maximum absolute atomic E-state index is 11.8. The van der Waals surface area contributed by atoms with E-state index in [0.717, 1.165) is 0 Å². The minimum absolute atomic E-state index is 0.104. The van der Waals surface area contributed by atoms with E-state index in [1.807, 2.05) is 0 Å². The molecule has 0 radical (unpaired) electrons. The molecule has 0 unspecified atom stereocenters. The summed E-state index contributed by atoms with van der Waals surface area (Å²) in [6.45, 7) is 4.41. The van der Waals surface area contributed by atoms with Crippen molar-refractivity contribution < 1.29 is 17.9 Å². The number of benzene rings is 1. The summed E-state index contributed by atoms with van der Waals surface area (Å²) in [6.07, 6.45) is 1.45. The van der Waals surface area contributed by atoms with Crippen LogP contribution in [0.1, 0.15) is 10.4 Å². The Labute approximate surface area is 118 Å². The fraction of sp³-hybridized carbons (Fsp3) is 0.308. The summed E-state index contributed by atoms with van der Waals surface area (Å²) in [4.78, 5) is 11.8. The van der Waals surface area contributed by atoms with Crippen LogP contribution in [0.5, 0.6) is 0 Å². The highest BCUT2D eigenvalue weighted by Crippen LogP contribution is 2.10. The minimum Gasteiger partial charge on any atom is -0.383 e. The number of carbonyl (C=O) groups excluding carboxylic acids is 1. The van der Waals surface area contributed by atoms with Crippen molar-refractivity contribution in [2.45, 2.75) is 4.90 Å². The number of nitrogens with one attached hydrogen (secondary N) is 2. The zero-order chi connectivity index (χ0) is 15.0. The average molecular weight is 298 g/mol. The second-order valence-corrected chi connectivity index (χ2v) is 5.68. The molecule has 0 atom stereocenters. The summed E-state index contributed by atoms with van der Waals surface area (Å²) >= 11 is 0. The number of rotatable bonds is 8. The zero-order valence-electron chi connectivity index (χ0n) is 11.3. The lowest BCUT2D eigenvalue weighted by Crippen LogP contribution is -2.27. The van der Waals surface area contributed by atoms with Crippen molar-refractivity contribution in [3.63, 3.8) is 0 Å². The molecule has 20 heavy (non-hydrogen) atoms. The molecule has 0 fully saturated rings. The van der Waals surface area contributed by atoms with Gasteiger partial charge in [-0.3, -0.25) is 4.79 Å². The van der Waals surface area contributed by atoms with Crippen molar-refractivity contribution in [2.75, 3.05) is 26.8 Å². The van der Waals surface area contributed by atoms with E-state index in [-0.39, 0.29) is 17.3 Å². The van der Waals surface area contributed by atoms with Crippen molar-refractivity contribution in [1.29, 1.82) is 0 Å². The molecule has 0 saturated carbocycles. The lowest BCUT2D eigenvalue weighted by atomic mass is 10.2. The summed E-state index contributed by atoms with van der Waals surface area (Å²) in [5.74, 6) is -0.273. The number of carbonyl (C=O) groups is 1. The molecule has 1 amide bonds. The van der Waals surface area contributed by atoms with Gasteiger partial charge in [0.05, 0.1) is 11.5 Å². The molecular weight excluding hydrogens is 280 g/mol. The first-order valence-electron chi connectivity index (χ1n) is 5.99. The Hall–Kier alpha value is -1.70. The van der Waals surface area contributed by atoms with E-state index in [4.69, 9.17) is 4.74 Å². The van der Waals surface area contributed by atoms with Gasteiger partial charge < -0.3 is 10.1 Å². The Kier molecular flexibility index (Phi) is 6.37. The van der Waals surface area contributed by atoms with E-state index >= 15 is 0 Å². The molecular formula is C13H18N2O4S. The first-order valence-corrected chi connectivity index (χ1v) is 7.47. The molecule has 1 aromatic carbocycles. The second kappa shape index (κ2) is 7.78. The molecule has 6 nitrogen and oxygen atoms in total. The Balaban J connectivity index is 2.73. The van der Waals surface area contributed by atoms with Crippen molar-refractivity contribution in [1.82, 2.24) is 10.0 Å². The Morgan fingerprint density at radius 1 is 1.35 bits per heavy atom. The summed E-state index contributed by atoms with van der Waals surface area (Å²) in [5, 5.41) is 2.65. The van der Waals surface area contributed by atoms with E-state index in [1.165, 1.54) is 30.3 Å². The number of hydrogen-bond donors (Lipinski definition) is 2. The lowest BCUT2D eigenvalue weighted by Gasteiger charge is -2.07. The highest BCUT2D eigenvalue weighted by Gasteiger charge is 2.13. The van der Waals surface area contributed by atoms with Gasteiger partial charge in [-0.1, -0.05) is 6.08 Å². The topological polar surface area (TPSA) is 84.5 Å². The number of amides is 1. The van der Waals surface area contributed by atoms with Gasteiger partial charge in [-0.25, -0.2) is 13.1 Å². The maximum Gasteiger partial charge on any atom is 0.251 e. The van der Waals surface area contributed by atoms with E-state index in [1.54, 1.807) is 7.11 Å². The standard InChI is InChI=1S/C13H18N2O4S/c1-3-8-15-20(17,18)12-6-4-11(5-7-12)13(16)14-9-10-19-2/h3-7,15H,1,8-10H2,2H3,(H,14,16). The smallest absolute Gasteiger partial charge is 0.251 e. The van der Waals surface area contributed by atoms with Crippen molar-refractivity contribution in [3.05, 3.63) is 42.5 Å². The van der Waals surface area contributed by atoms with Gasteiger partial charge in [0.15, 0.2) is 0 Å². The third kappa shape index (κ3) is 4.76. The molecule has 0 bridgehead atoms. The molecule has 0 spiro atoms. The predicted molar refractivity (Wildman–Crippen MR) is 76.0 cm³/mol. The van der Waals surface area contributed by atoms with Gasteiger partial charge in [-0.05, 0) is 24.3 Å². The van der Waals surface area contributed by atoms with E-state index in [0.29, 0.717) is 18.7 Å². The molecule has 0 aliphatic heterocycles. The van der Waals surface area contributed by atoms with Crippen molar-refractivity contribution >= 4 is 15.9 Å². The molecule has 110 valence electrons. The first kappa shape index (κ1) is 16.4. The summed E-state index contributed by atoms with van der Waals surface area (Å²) in [6, 6.07) is 5.70. The molecule has 0 saturated heterocycles. The molecule has 0 aromatic heterocycles. The maximum atomic E-state index is 11.8. The van der Waals surface area contributed by atoms with Gasteiger partial charge in [-0.2, -0.15) is 0 Å². The van der Waals surface area contributed by atoms with Crippen LogP contribution >= 0.6 is 0 Å². The highest BCUT2D eigenvalue weighted by molar-refractivity contribution is 7.89. The Morgan fingerprint density at radius 3 is 2.55 bits per heavy atom. The molecule has 1 rings (SSSR count). The van der Waals surface area contributed by atoms with Crippen LogP contribution in [0.4, 0.5) is 0 Å². The van der Waals surface area contributed by atoms with Crippen molar-refractivity contribution in [2.24, 2.45) is 0 Å². The molecule has 7 heteroatoms. The van der Waals surface area contributed by atoms with Gasteiger partial charge >= 0.3 is 0 Å². The van der Waals surface area contributed by atoms with Gasteiger partial charge in [0, 0.05) is 25.8 Å². The van der Waals surface area contributed by atoms with Crippen LogP contribution in [0.15, 0.2) is 41.8 Å². The van der Waals surface area contributed by atoms with E-state index in [2.05, 4.69) is 16.6 Å². The lowest BCUT2D eigenvalue weighted by molar-refractivity contribution is 0.0937. The SMILES string of the molecule is C=CCNS(=O)(=O)c1ccc(C(=O)NCCOC)cc1. The first-order chi connectivity index (χ1) is 9.51. The summed E-state index contributed by atoms with van der Waals surface area (Å²) < 4.78 is 30.8. The molecule has 2 N–H and O–H groups in total. The monoisotopic (exact) mass is 298 g/mol. The van der Waals surface area contributed by atoms with Gasteiger partial charge in [0.25, 0.3) is 5.91 Å². The fourth-order valence-corrected chi connectivity index (χ4v) is 2.40. The van der Waals surface area contributed by atoms with Crippen LogP contribution in [0.2, 0.25) is 0 Å². The predicted octanol–water partition coefficient (Wildman–Crippen LogP) is 0.527. The molecule has 1 aromatic rings. The number of sulfonamides is 1. The molecule has 0 aliphatic rings. The quantitative estimate of drug-likeness (QED) is 0.541. The van der Waals surface area contributed by atoms with Crippen LogP contribution in [0, 0.1) is 0 Å². The van der Waals surface area contributed by atoms with E-state index < -0.39 is 10.0 Å². The molecule has 0 aliphatic carbocycles. The van der Waals surface area contributed by atoms with Crippen LogP contribution in [0.25, 0.3) is 0 Å². The van der Waals surface area contributed by atoms with Crippen LogP contribution in [0.3, 0.4) is 0 Å². The third-order valence-corrected chi connectivity index (χ3v) is 3.88. The molecule has 0 heterocycles.